The average Bonchev–Trinajstić information content (AvgIpc) is 2.61. The molecule has 22 heavy (non-hydrogen) atoms. The molecule has 1 aliphatic carbocycles. The van der Waals surface area contributed by atoms with Crippen LogP contribution < -0.4 is 0 Å². The van der Waals surface area contributed by atoms with Crippen LogP contribution in [0.3, 0.4) is 0 Å². The molecule has 0 atom stereocenters. The number of hydrogen-bond donors (Lipinski definition) is 0. The standard InChI is InChI=1S/C13H18.C4H10.C3H8.C2H6/c1-5-7-12-10-13(3,4)9-6-8-11(12)2;1-3-4-2;1-3-2;1-2/h5-10H,1-4H3;3-4H2,1-2H3;3H2,1-2H3;1-2H3/b7-5-;;;. The van der Waals surface area contributed by atoms with E-state index in [1.807, 2.05) is 13.8 Å². The molecular weight excluding hydrogens is 264 g/mol. The molecule has 0 aromatic carbocycles. The summed E-state index contributed by atoms with van der Waals surface area (Å²) in [6.07, 6.45) is 17.0. The monoisotopic (exact) mass is 306 g/mol. The number of unbranched alkanes of at least 4 members (excludes halogenated alkanes) is 1. The smallest absolute Gasteiger partial charge is 0.00166 e. The van der Waals surface area contributed by atoms with Gasteiger partial charge in [-0.2, -0.15) is 0 Å². The van der Waals surface area contributed by atoms with E-state index in [1.54, 1.807) is 0 Å². The largest absolute Gasteiger partial charge is 0.0871 e. The van der Waals surface area contributed by atoms with E-state index in [9.17, 15) is 0 Å². The lowest BCUT2D eigenvalue weighted by Gasteiger charge is -2.14. The van der Waals surface area contributed by atoms with Gasteiger partial charge in [0.15, 0.2) is 0 Å². The summed E-state index contributed by atoms with van der Waals surface area (Å²) in [6.45, 7) is 21.3. The molecule has 0 aliphatic heterocycles. The third-order valence-electron chi connectivity index (χ3n) is 2.70. The Morgan fingerprint density at radius 3 is 1.82 bits per heavy atom. The van der Waals surface area contributed by atoms with E-state index in [0.717, 1.165) is 0 Å². The molecule has 0 aromatic rings. The lowest BCUT2D eigenvalue weighted by atomic mass is 9.90. The molecule has 1 aliphatic rings. The molecule has 0 heterocycles. The van der Waals surface area contributed by atoms with E-state index >= 15 is 0 Å². The second-order valence-corrected chi connectivity index (χ2v) is 5.84. The molecule has 0 nitrogen and oxygen atoms in total. The van der Waals surface area contributed by atoms with Gasteiger partial charge < -0.3 is 0 Å². The predicted octanol–water partition coefficient (Wildman–Crippen LogP) is 8.28. The summed E-state index contributed by atoms with van der Waals surface area (Å²) in [7, 11) is 0. The molecule has 0 unspecified atom stereocenters. The highest BCUT2D eigenvalue weighted by Gasteiger charge is 2.12. The van der Waals surface area contributed by atoms with Gasteiger partial charge in [0.2, 0.25) is 0 Å². The first-order valence-corrected chi connectivity index (χ1v) is 9.10. The highest BCUT2D eigenvalue weighted by Crippen LogP contribution is 2.27. The molecule has 0 saturated carbocycles. The fourth-order valence-corrected chi connectivity index (χ4v) is 1.46. The number of rotatable bonds is 2. The third-order valence-corrected chi connectivity index (χ3v) is 2.70. The summed E-state index contributed by atoms with van der Waals surface area (Å²) in [5.74, 6) is 0. The van der Waals surface area contributed by atoms with Crippen molar-refractivity contribution < 1.29 is 0 Å². The van der Waals surface area contributed by atoms with Crippen molar-refractivity contribution in [1.82, 2.24) is 0 Å². The van der Waals surface area contributed by atoms with E-state index < -0.39 is 0 Å². The number of allylic oxidation sites excluding steroid dienone is 8. The zero-order valence-corrected chi connectivity index (χ0v) is 17.1. The zero-order valence-electron chi connectivity index (χ0n) is 17.1. The highest BCUT2D eigenvalue weighted by atomic mass is 14.2. The molecule has 1 rings (SSSR count). The van der Waals surface area contributed by atoms with Crippen LogP contribution in [0.2, 0.25) is 0 Å². The van der Waals surface area contributed by atoms with Gasteiger partial charge in [-0.15, -0.1) is 0 Å². The van der Waals surface area contributed by atoms with Gasteiger partial charge in [0.25, 0.3) is 0 Å². The van der Waals surface area contributed by atoms with Crippen molar-refractivity contribution in [2.45, 2.75) is 88.5 Å². The van der Waals surface area contributed by atoms with Crippen LogP contribution in [0.25, 0.3) is 0 Å². The minimum absolute atomic E-state index is 0.170. The first-order chi connectivity index (χ1) is 10.4. The Balaban J connectivity index is -0.000000336. The van der Waals surface area contributed by atoms with E-state index in [-0.39, 0.29) is 5.41 Å². The first-order valence-electron chi connectivity index (χ1n) is 9.10. The van der Waals surface area contributed by atoms with Crippen molar-refractivity contribution in [3.05, 3.63) is 47.6 Å². The van der Waals surface area contributed by atoms with Gasteiger partial charge in [-0.05, 0) is 25.0 Å². The molecule has 130 valence electrons. The van der Waals surface area contributed by atoms with Gasteiger partial charge in [0.1, 0.15) is 0 Å². The van der Waals surface area contributed by atoms with Crippen molar-refractivity contribution in [2.24, 2.45) is 5.41 Å². The summed E-state index contributed by atoms with van der Waals surface area (Å²) in [4.78, 5) is 0. The van der Waals surface area contributed by atoms with Crippen LogP contribution in [0.5, 0.6) is 0 Å². The van der Waals surface area contributed by atoms with Crippen LogP contribution in [-0.4, -0.2) is 0 Å². The van der Waals surface area contributed by atoms with Crippen LogP contribution in [-0.2, 0) is 0 Å². The average molecular weight is 307 g/mol. The number of hydrogen-bond acceptors (Lipinski definition) is 0. The van der Waals surface area contributed by atoms with E-state index in [0.29, 0.717) is 0 Å². The van der Waals surface area contributed by atoms with E-state index in [4.69, 9.17) is 0 Å². The molecule has 0 N–H and O–H groups in total. The van der Waals surface area contributed by atoms with Crippen LogP contribution in [0.1, 0.15) is 88.5 Å². The van der Waals surface area contributed by atoms with Crippen LogP contribution in [0.4, 0.5) is 0 Å². The molecule has 0 saturated heterocycles. The minimum atomic E-state index is 0.170. The summed E-state index contributed by atoms with van der Waals surface area (Å²) < 4.78 is 0. The Morgan fingerprint density at radius 2 is 1.45 bits per heavy atom. The molecule has 0 radical (unpaired) electrons. The van der Waals surface area contributed by atoms with Gasteiger partial charge >= 0.3 is 0 Å². The molecule has 0 fully saturated rings. The van der Waals surface area contributed by atoms with Gasteiger partial charge in [-0.3, -0.25) is 0 Å². The summed E-state index contributed by atoms with van der Waals surface area (Å²) in [5, 5.41) is 0. The third kappa shape index (κ3) is 17.0. The Hall–Kier alpha value is -1.04. The van der Waals surface area contributed by atoms with Crippen molar-refractivity contribution in [2.75, 3.05) is 0 Å². The molecule has 0 amide bonds. The minimum Gasteiger partial charge on any atom is -0.0871 e. The van der Waals surface area contributed by atoms with Crippen molar-refractivity contribution in [1.29, 1.82) is 0 Å². The molecule has 0 bridgehead atoms. The van der Waals surface area contributed by atoms with Crippen LogP contribution in [0, 0.1) is 5.41 Å². The second-order valence-electron chi connectivity index (χ2n) is 5.84. The fourth-order valence-electron chi connectivity index (χ4n) is 1.46. The summed E-state index contributed by atoms with van der Waals surface area (Å²) in [6, 6.07) is 0. The SMILES string of the molecule is C/C=C\C1=CC(C)(C)C=CC=C1C.CC.CCC.CCCC. The second kappa shape index (κ2) is 18.0. The maximum Gasteiger partial charge on any atom is 0.00166 e. The van der Waals surface area contributed by atoms with Crippen molar-refractivity contribution in [3.8, 4) is 0 Å². The van der Waals surface area contributed by atoms with Crippen molar-refractivity contribution >= 4 is 0 Å². The normalized spacial score (nSPS) is 15.0. The Morgan fingerprint density at radius 1 is 1.00 bits per heavy atom. The fraction of sp³-hybridized carbons (Fsp3) is 0.636. The molecule has 0 aromatic heterocycles. The topological polar surface area (TPSA) is 0 Å². The van der Waals surface area contributed by atoms with E-state index in [2.05, 4.69) is 91.8 Å². The predicted molar refractivity (Wildman–Crippen MR) is 107 cm³/mol. The highest BCUT2D eigenvalue weighted by molar-refractivity contribution is 5.44. The maximum absolute atomic E-state index is 2.31. The Kier molecular flexibility index (Phi) is 21.2. The van der Waals surface area contributed by atoms with E-state index in [1.165, 1.54) is 30.4 Å². The van der Waals surface area contributed by atoms with Gasteiger partial charge in [0, 0.05) is 5.41 Å². The Labute approximate surface area is 142 Å². The molecule has 0 heteroatoms. The lowest BCUT2D eigenvalue weighted by molar-refractivity contribution is 0.624. The molecule has 0 spiro atoms. The quantitative estimate of drug-likeness (QED) is 0.481. The first kappa shape index (κ1) is 25.9. The summed E-state index contributed by atoms with van der Waals surface area (Å²) >= 11 is 0. The van der Waals surface area contributed by atoms with Gasteiger partial charge in [-0.1, -0.05) is 111 Å². The maximum atomic E-state index is 2.31. The van der Waals surface area contributed by atoms with Crippen LogP contribution >= 0.6 is 0 Å². The molecular formula is C22H42. The zero-order chi connectivity index (χ0) is 18.0. The summed E-state index contributed by atoms with van der Waals surface area (Å²) in [5.41, 5.74) is 2.83. The lowest BCUT2D eigenvalue weighted by Crippen LogP contribution is -2.02. The van der Waals surface area contributed by atoms with Gasteiger partial charge in [0.05, 0.1) is 0 Å². The Bertz CT molecular complexity index is 333. The van der Waals surface area contributed by atoms with Crippen molar-refractivity contribution in [3.63, 3.8) is 0 Å². The van der Waals surface area contributed by atoms with Gasteiger partial charge in [-0.25, -0.2) is 0 Å². The van der Waals surface area contributed by atoms with Crippen LogP contribution in [0.15, 0.2) is 47.6 Å².